The summed E-state index contributed by atoms with van der Waals surface area (Å²) in [6, 6.07) is 16.6. The third-order valence-electron chi connectivity index (χ3n) is 8.28. The van der Waals surface area contributed by atoms with Crippen LogP contribution in [0.2, 0.25) is 0 Å². The molecule has 4 aromatic rings. The van der Waals surface area contributed by atoms with Gasteiger partial charge in [-0.25, -0.2) is 4.98 Å². The first kappa shape index (κ1) is 25.9. The van der Waals surface area contributed by atoms with E-state index in [1.807, 2.05) is 42.7 Å². The van der Waals surface area contributed by atoms with Crippen molar-refractivity contribution in [2.75, 3.05) is 56.3 Å². The normalized spacial score (nSPS) is 17.7. The third kappa shape index (κ3) is 5.74. The van der Waals surface area contributed by atoms with Crippen LogP contribution in [0.25, 0.3) is 11.2 Å². The summed E-state index contributed by atoms with van der Waals surface area (Å²) in [6.07, 6.45) is 8.15. The second-order valence-corrected chi connectivity index (χ2v) is 11.0. The molecule has 1 saturated heterocycles. The van der Waals surface area contributed by atoms with Crippen molar-refractivity contribution >= 4 is 22.9 Å². The minimum atomic E-state index is 0.304. The number of fused-ring (bicyclic) bond motifs is 2. The highest BCUT2D eigenvalue weighted by molar-refractivity contribution is 5.84. The quantitative estimate of drug-likeness (QED) is 0.291. The molecule has 41 heavy (non-hydrogen) atoms. The largest absolute Gasteiger partial charge is 0.492 e. The van der Waals surface area contributed by atoms with Crippen molar-refractivity contribution in [3.63, 3.8) is 0 Å². The van der Waals surface area contributed by atoms with E-state index < -0.39 is 0 Å². The lowest BCUT2D eigenvalue weighted by molar-refractivity contribution is 0.174. The van der Waals surface area contributed by atoms with E-state index in [4.69, 9.17) is 29.2 Å². The molecule has 2 aromatic heterocycles. The summed E-state index contributed by atoms with van der Waals surface area (Å²) in [4.78, 5) is 19.7. The van der Waals surface area contributed by atoms with Crippen molar-refractivity contribution in [2.24, 2.45) is 0 Å². The Balaban J connectivity index is 1.06. The molecule has 7 rings (SSSR count). The van der Waals surface area contributed by atoms with Gasteiger partial charge in [-0.3, -0.25) is 4.90 Å². The molecule has 3 aliphatic rings. The lowest BCUT2D eigenvalue weighted by Gasteiger charge is -2.35. The Morgan fingerprint density at radius 2 is 1.73 bits per heavy atom. The van der Waals surface area contributed by atoms with Crippen LogP contribution in [0.3, 0.4) is 0 Å². The number of anilines is 2. The van der Waals surface area contributed by atoms with Gasteiger partial charge in [0.25, 0.3) is 0 Å². The highest BCUT2D eigenvalue weighted by Crippen LogP contribution is 2.34. The maximum atomic E-state index is 5.91. The molecule has 0 bridgehead atoms. The van der Waals surface area contributed by atoms with E-state index in [-0.39, 0.29) is 0 Å². The van der Waals surface area contributed by atoms with Crippen molar-refractivity contribution in [1.82, 2.24) is 24.4 Å². The van der Waals surface area contributed by atoms with Crippen LogP contribution in [0.15, 0.2) is 54.9 Å². The number of hydrogen-bond donors (Lipinski definition) is 1. The number of nitrogens with zero attached hydrogens (tertiary/aromatic N) is 6. The molecule has 214 valence electrons. The van der Waals surface area contributed by atoms with Crippen LogP contribution >= 0.6 is 0 Å². The van der Waals surface area contributed by atoms with E-state index >= 15 is 0 Å². The maximum absolute atomic E-state index is 5.91. The Morgan fingerprint density at radius 3 is 2.59 bits per heavy atom. The van der Waals surface area contributed by atoms with Gasteiger partial charge >= 0.3 is 0 Å². The molecule has 4 heterocycles. The molecule has 0 radical (unpaired) electrons. The summed E-state index contributed by atoms with van der Waals surface area (Å²) in [5.74, 6) is 4.08. The van der Waals surface area contributed by atoms with Gasteiger partial charge in [-0.1, -0.05) is 43.5 Å². The second kappa shape index (κ2) is 11.8. The Morgan fingerprint density at radius 1 is 0.902 bits per heavy atom. The molecule has 1 N–H and O–H groups in total. The Bertz CT molecular complexity index is 1460. The zero-order chi connectivity index (χ0) is 27.4. The van der Waals surface area contributed by atoms with Gasteiger partial charge < -0.3 is 29.0 Å². The number of ether oxygens (including phenoxy) is 3. The Labute approximate surface area is 240 Å². The summed E-state index contributed by atoms with van der Waals surface area (Å²) < 4.78 is 19.2. The fraction of sp³-hybridized carbons (Fsp3) is 0.452. The summed E-state index contributed by atoms with van der Waals surface area (Å²) in [6.45, 7) is 5.95. The number of hydrogen-bond acceptors (Lipinski definition) is 9. The van der Waals surface area contributed by atoms with Crippen LogP contribution in [0.1, 0.15) is 43.7 Å². The molecule has 10 heteroatoms. The van der Waals surface area contributed by atoms with Crippen molar-refractivity contribution < 1.29 is 14.2 Å². The van der Waals surface area contributed by atoms with E-state index in [0.717, 1.165) is 72.9 Å². The Kier molecular flexibility index (Phi) is 7.46. The smallest absolute Gasteiger partial charge is 0.231 e. The van der Waals surface area contributed by atoms with Crippen LogP contribution < -0.4 is 24.4 Å². The lowest BCUT2D eigenvalue weighted by atomic mass is 9.95. The molecular weight excluding hydrogens is 518 g/mol. The fourth-order valence-electron chi connectivity index (χ4n) is 6.05. The number of nitrogens with one attached hydrogen (secondary N) is 1. The Hall–Kier alpha value is -4.05. The molecule has 0 atom stereocenters. The van der Waals surface area contributed by atoms with Crippen LogP contribution in [0.5, 0.6) is 17.2 Å². The molecule has 2 aliphatic heterocycles. The average Bonchev–Trinajstić information content (AvgIpc) is 3.68. The summed E-state index contributed by atoms with van der Waals surface area (Å²) >= 11 is 0. The van der Waals surface area contributed by atoms with Gasteiger partial charge in [0, 0.05) is 38.8 Å². The molecule has 0 unspecified atom stereocenters. The topological polar surface area (TPSA) is 89.8 Å². The minimum absolute atomic E-state index is 0.304. The van der Waals surface area contributed by atoms with Gasteiger partial charge in [-0.05, 0) is 42.7 Å². The van der Waals surface area contributed by atoms with Crippen LogP contribution in [0.4, 0.5) is 11.8 Å². The average molecular weight is 556 g/mol. The van der Waals surface area contributed by atoms with Gasteiger partial charge in [-0.2, -0.15) is 9.97 Å². The SMILES string of the molecule is c1ccc(OCCNc2nc(N3CCN(Cc4ccc5c(c4)OCO5)CC3)nc3c2ncn3C2CCCCC2)cc1. The highest BCUT2D eigenvalue weighted by Gasteiger charge is 2.25. The standard InChI is InChI=1S/C31H37N7O3/c1-3-7-24(8-4-1)38-21-33-28-29(32-13-18-39-25-9-5-2-6-10-25)34-31(35-30(28)38)37-16-14-36(15-17-37)20-23-11-12-26-27(19-23)41-22-40-26/h2,5-6,9-12,19,21,24H,1,3-4,7-8,13-18,20,22H2,(H,32,34,35). The van der Waals surface area contributed by atoms with Gasteiger partial charge in [0.05, 0.1) is 12.9 Å². The molecule has 0 amide bonds. The second-order valence-electron chi connectivity index (χ2n) is 11.0. The monoisotopic (exact) mass is 555 g/mol. The molecular formula is C31H37N7O3. The van der Waals surface area contributed by atoms with Crippen molar-refractivity contribution in [1.29, 1.82) is 0 Å². The predicted octanol–water partition coefficient (Wildman–Crippen LogP) is 4.87. The van der Waals surface area contributed by atoms with E-state index in [1.54, 1.807) is 0 Å². The van der Waals surface area contributed by atoms with Crippen molar-refractivity contribution in [2.45, 2.75) is 44.7 Å². The van der Waals surface area contributed by atoms with Gasteiger partial charge in [0.2, 0.25) is 12.7 Å². The van der Waals surface area contributed by atoms with E-state index in [9.17, 15) is 0 Å². The number of aromatic nitrogens is 4. The minimum Gasteiger partial charge on any atom is -0.492 e. The van der Waals surface area contributed by atoms with Crippen molar-refractivity contribution in [3.8, 4) is 17.2 Å². The predicted molar refractivity (Wildman–Crippen MR) is 158 cm³/mol. The van der Waals surface area contributed by atoms with Crippen LogP contribution in [-0.4, -0.2) is 70.5 Å². The fourth-order valence-corrected chi connectivity index (χ4v) is 6.05. The number of rotatable bonds is 9. The first-order valence-electron chi connectivity index (χ1n) is 14.8. The van der Waals surface area contributed by atoms with E-state index in [2.05, 4.69) is 31.8 Å². The molecule has 0 spiro atoms. The molecule has 10 nitrogen and oxygen atoms in total. The van der Waals surface area contributed by atoms with Crippen LogP contribution in [-0.2, 0) is 6.54 Å². The zero-order valence-corrected chi connectivity index (χ0v) is 23.4. The third-order valence-corrected chi connectivity index (χ3v) is 8.28. The molecule has 2 aromatic carbocycles. The van der Waals surface area contributed by atoms with Crippen LogP contribution in [0, 0.1) is 0 Å². The number of piperazine rings is 1. The summed E-state index contributed by atoms with van der Waals surface area (Å²) in [5.41, 5.74) is 3.00. The number of benzene rings is 2. The van der Waals surface area contributed by atoms with E-state index in [1.165, 1.54) is 37.7 Å². The first-order chi connectivity index (χ1) is 20.3. The van der Waals surface area contributed by atoms with Gasteiger partial charge in [0.1, 0.15) is 12.4 Å². The van der Waals surface area contributed by atoms with Gasteiger partial charge in [-0.15, -0.1) is 0 Å². The summed E-state index contributed by atoms with van der Waals surface area (Å²) in [7, 11) is 0. The van der Waals surface area contributed by atoms with Gasteiger partial charge in [0.15, 0.2) is 28.5 Å². The molecule has 1 saturated carbocycles. The summed E-state index contributed by atoms with van der Waals surface area (Å²) in [5, 5.41) is 3.50. The number of imidazole rings is 1. The van der Waals surface area contributed by atoms with Crippen molar-refractivity contribution in [3.05, 3.63) is 60.4 Å². The zero-order valence-electron chi connectivity index (χ0n) is 23.4. The molecule has 1 aliphatic carbocycles. The lowest BCUT2D eigenvalue weighted by Crippen LogP contribution is -2.46. The molecule has 2 fully saturated rings. The van der Waals surface area contributed by atoms with E-state index in [0.29, 0.717) is 26.0 Å². The highest BCUT2D eigenvalue weighted by atomic mass is 16.7. The maximum Gasteiger partial charge on any atom is 0.231 e. The number of para-hydroxylation sites is 1. The first-order valence-corrected chi connectivity index (χ1v) is 14.8.